The molecule has 1 heterocycles. The van der Waals surface area contributed by atoms with Crippen molar-refractivity contribution in [3.63, 3.8) is 0 Å². The lowest BCUT2D eigenvalue weighted by Crippen LogP contribution is -2.29. The van der Waals surface area contributed by atoms with E-state index in [4.69, 9.17) is 16.0 Å². The zero-order valence-electron chi connectivity index (χ0n) is 9.82. The smallest absolute Gasteiger partial charge is 0.0935 e. The standard InChI is InChI=1S/C14H16ClNO/c1-16-13(8-11-6-7-17-10-11)9-12-4-2-3-5-14(12)15/h2-7,10,13,16H,8-9H2,1H3. The van der Waals surface area contributed by atoms with E-state index in [9.17, 15) is 0 Å². The van der Waals surface area contributed by atoms with E-state index in [0.29, 0.717) is 6.04 Å². The van der Waals surface area contributed by atoms with Crippen molar-refractivity contribution in [1.82, 2.24) is 5.32 Å². The van der Waals surface area contributed by atoms with Crippen LogP contribution in [0, 0.1) is 0 Å². The van der Waals surface area contributed by atoms with E-state index in [1.807, 2.05) is 31.3 Å². The second-order valence-corrected chi connectivity index (χ2v) is 4.52. The second-order valence-electron chi connectivity index (χ2n) is 4.12. The number of rotatable bonds is 5. The van der Waals surface area contributed by atoms with Crippen LogP contribution in [-0.4, -0.2) is 13.1 Å². The highest BCUT2D eigenvalue weighted by Gasteiger charge is 2.10. The summed E-state index contributed by atoms with van der Waals surface area (Å²) < 4.78 is 5.08. The predicted molar refractivity (Wildman–Crippen MR) is 70.4 cm³/mol. The van der Waals surface area contributed by atoms with Crippen LogP contribution < -0.4 is 5.32 Å². The van der Waals surface area contributed by atoms with E-state index in [1.54, 1.807) is 12.5 Å². The van der Waals surface area contributed by atoms with E-state index in [1.165, 1.54) is 11.1 Å². The first kappa shape index (κ1) is 12.2. The predicted octanol–water partition coefficient (Wildman–Crippen LogP) is 3.31. The van der Waals surface area contributed by atoms with Crippen LogP contribution in [0.25, 0.3) is 0 Å². The zero-order chi connectivity index (χ0) is 12.1. The van der Waals surface area contributed by atoms with Crippen LogP contribution in [0.2, 0.25) is 5.02 Å². The maximum atomic E-state index is 6.16. The van der Waals surface area contributed by atoms with Gasteiger partial charge in [-0.05, 0) is 43.1 Å². The van der Waals surface area contributed by atoms with Gasteiger partial charge in [0.15, 0.2) is 0 Å². The molecule has 0 fully saturated rings. The Morgan fingerprint density at radius 3 is 2.71 bits per heavy atom. The highest BCUT2D eigenvalue weighted by molar-refractivity contribution is 6.31. The molecule has 1 aromatic carbocycles. The molecule has 0 aliphatic rings. The molecule has 0 saturated heterocycles. The molecule has 0 radical (unpaired) electrons. The molecule has 17 heavy (non-hydrogen) atoms. The Balaban J connectivity index is 2.03. The molecule has 0 spiro atoms. The molecule has 2 nitrogen and oxygen atoms in total. The summed E-state index contributed by atoms with van der Waals surface area (Å²) in [4.78, 5) is 0. The van der Waals surface area contributed by atoms with Crippen molar-refractivity contribution in [2.45, 2.75) is 18.9 Å². The zero-order valence-corrected chi connectivity index (χ0v) is 10.6. The van der Waals surface area contributed by atoms with Gasteiger partial charge in [0.2, 0.25) is 0 Å². The molecule has 90 valence electrons. The van der Waals surface area contributed by atoms with Gasteiger partial charge in [-0.2, -0.15) is 0 Å². The molecule has 0 amide bonds. The summed E-state index contributed by atoms with van der Waals surface area (Å²) in [6, 6.07) is 10.3. The number of nitrogens with one attached hydrogen (secondary N) is 1. The summed E-state index contributed by atoms with van der Waals surface area (Å²) in [5.74, 6) is 0. The number of hydrogen-bond donors (Lipinski definition) is 1. The first-order chi connectivity index (χ1) is 8.29. The molecule has 3 heteroatoms. The topological polar surface area (TPSA) is 25.2 Å². The van der Waals surface area contributed by atoms with E-state index in [-0.39, 0.29) is 0 Å². The largest absolute Gasteiger partial charge is 0.472 e. The Morgan fingerprint density at radius 2 is 2.06 bits per heavy atom. The summed E-state index contributed by atoms with van der Waals surface area (Å²) in [6.45, 7) is 0. The van der Waals surface area contributed by atoms with E-state index < -0.39 is 0 Å². The average molecular weight is 250 g/mol. The quantitative estimate of drug-likeness (QED) is 0.880. The first-order valence-corrected chi connectivity index (χ1v) is 6.09. The van der Waals surface area contributed by atoms with Gasteiger partial charge in [-0.3, -0.25) is 0 Å². The van der Waals surface area contributed by atoms with Crippen molar-refractivity contribution in [3.05, 3.63) is 59.0 Å². The molecule has 2 aromatic rings. The Kier molecular flexibility index (Phi) is 4.24. The normalized spacial score (nSPS) is 12.6. The lowest BCUT2D eigenvalue weighted by molar-refractivity contribution is 0.538. The van der Waals surface area contributed by atoms with E-state index in [0.717, 1.165) is 17.9 Å². The molecule has 1 unspecified atom stereocenters. The highest BCUT2D eigenvalue weighted by atomic mass is 35.5. The van der Waals surface area contributed by atoms with Crippen molar-refractivity contribution in [2.24, 2.45) is 0 Å². The first-order valence-electron chi connectivity index (χ1n) is 5.71. The Morgan fingerprint density at radius 1 is 1.24 bits per heavy atom. The van der Waals surface area contributed by atoms with Crippen molar-refractivity contribution < 1.29 is 4.42 Å². The van der Waals surface area contributed by atoms with Gasteiger partial charge in [-0.1, -0.05) is 29.8 Å². The second kappa shape index (κ2) is 5.89. The van der Waals surface area contributed by atoms with Gasteiger partial charge in [-0.15, -0.1) is 0 Å². The van der Waals surface area contributed by atoms with Crippen molar-refractivity contribution in [1.29, 1.82) is 0 Å². The SMILES string of the molecule is CNC(Cc1ccoc1)Cc1ccccc1Cl. The molecule has 2 rings (SSSR count). The molecule has 0 saturated carbocycles. The molecule has 1 aromatic heterocycles. The lowest BCUT2D eigenvalue weighted by atomic mass is 10.0. The van der Waals surface area contributed by atoms with Crippen LogP contribution in [0.15, 0.2) is 47.3 Å². The Labute approximate surface area is 107 Å². The van der Waals surface area contributed by atoms with Gasteiger partial charge in [0, 0.05) is 11.1 Å². The molecule has 1 atom stereocenters. The fourth-order valence-electron chi connectivity index (χ4n) is 1.90. The van der Waals surface area contributed by atoms with Gasteiger partial charge < -0.3 is 9.73 Å². The number of benzene rings is 1. The average Bonchev–Trinajstić information content (AvgIpc) is 2.84. The number of furan rings is 1. The van der Waals surface area contributed by atoms with Gasteiger partial charge in [0.05, 0.1) is 12.5 Å². The minimum absolute atomic E-state index is 0.368. The van der Waals surface area contributed by atoms with E-state index >= 15 is 0 Å². The van der Waals surface area contributed by atoms with Crippen LogP contribution in [0.4, 0.5) is 0 Å². The van der Waals surface area contributed by atoms with Gasteiger partial charge >= 0.3 is 0 Å². The van der Waals surface area contributed by atoms with Crippen LogP contribution in [0.3, 0.4) is 0 Å². The third kappa shape index (κ3) is 3.35. The van der Waals surface area contributed by atoms with Crippen molar-refractivity contribution >= 4 is 11.6 Å². The molecule has 0 bridgehead atoms. The maximum absolute atomic E-state index is 6.16. The highest BCUT2D eigenvalue weighted by Crippen LogP contribution is 2.18. The van der Waals surface area contributed by atoms with Gasteiger partial charge in [0.25, 0.3) is 0 Å². The Hall–Kier alpha value is -1.25. The Bertz CT molecular complexity index is 453. The minimum atomic E-state index is 0.368. The molecule has 1 N–H and O–H groups in total. The summed E-state index contributed by atoms with van der Waals surface area (Å²) >= 11 is 6.16. The van der Waals surface area contributed by atoms with Crippen LogP contribution in [-0.2, 0) is 12.8 Å². The molecular formula is C14H16ClNO. The van der Waals surface area contributed by atoms with E-state index in [2.05, 4.69) is 11.4 Å². The molecule has 0 aliphatic heterocycles. The summed E-state index contributed by atoms with van der Waals surface area (Å²) in [6.07, 6.45) is 5.36. The van der Waals surface area contributed by atoms with Crippen LogP contribution in [0.1, 0.15) is 11.1 Å². The minimum Gasteiger partial charge on any atom is -0.472 e. The molecule has 0 aliphatic carbocycles. The van der Waals surface area contributed by atoms with Gasteiger partial charge in [0.1, 0.15) is 0 Å². The monoisotopic (exact) mass is 249 g/mol. The third-order valence-electron chi connectivity index (χ3n) is 2.89. The van der Waals surface area contributed by atoms with Crippen LogP contribution in [0.5, 0.6) is 0 Å². The summed E-state index contributed by atoms with van der Waals surface area (Å²) in [5, 5.41) is 4.15. The maximum Gasteiger partial charge on any atom is 0.0935 e. The molecular weight excluding hydrogens is 234 g/mol. The number of likely N-dealkylation sites (N-methyl/N-ethyl adjacent to an activating group) is 1. The summed E-state index contributed by atoms with van der Waals surface area (Å²) in [7, 11) is 1.97. The van der Waals surface area contributed by atoms with Gasteiger partial charge in [-0.25, -0.2) is 0 Å². The summed E-state index contributed by atoms with van der Waals surface area (Å²) in [5.41, 5.74) is 2.38. The van der Waals surface area contributed by atoms with Crippen LogP contribution >= 0.6 is 11.6 Å². The van der Waals surface area contributed by atoms with Crippen molar-refractivity contribution in [3.8, 4) is 0 Å². The fraction of sp³-hybridized carbons (Fsp3) is 0.286. The number of halogens is 1. The van der Waals surface area contributed by atoms with Crippen molar-refractivity contribution in [2.75, 3.05) is 7.05 Å². The third-order valence-corrected chi connectivity index (χ3v) is 3.26. The lowest BCUT2D eigenvalue weighted by Gasteiger charge is -2.16. The fourth-order valence-corrected chi connectivity index (χ4v) is 2.11. The number of hydrogen-bond acceptors (Lipinski definition) is 2.